The number of phenolic OH excluding ortho intramolecular Hbond substituents is 2. The average molecular weight is 373 g/mol. The van der Waals surface area contributed by atoms with Gasteiger partial charge in [-0.15, -0.1) is 0 Å². The number of benzene rings is 3. The van der Waals surface area contributed by atoms with Crippen molar-refractivity contribution in [3.8, 4) is 22.6 Å². The van der Waals surface area contributed by atoms with Gasteiger partial charge in [0.2, 0.25) is 0 Å². The molecule has 0 fully saturated rings. The molecule has 6 heteroatoms. The summed E-state index contributed by atoms with van der Waals surface area (Å²) >= 11 is 0. The number of phenols is 2. The van der Waals surface area contributed by atoms with Crippen molar-refractivity contribution in [2.45, 2.75) is 19.6 Å². The average Bonchev–Trinajstić information content (AvgIpc) is 2.61. The number of hydrogen-bond donors (Lipinski definition) is 3. The Morgan fingerprint density at radius 2 is 1.63 bits per heavy atom. The largest absolute Gasteiger partial charge is 0.507 e. The van der Waals surface area contributed by atoms with Crippen molar-refractivity contribution in [2.24, 2.45) is 0 Å². The van der Waals surface area contributed by atoms with Crippen LogP contribution in [0.3, 0.4) is 0 Å². The van der Waals surface area contributed by atoms with Gasteiger partial charge in [-0.2, -0.15) is 13.2 Å². The lowest BCUT2D eigenvalue weighted by molar-refractivity contribution is -0.137. The van der Waals surface area contributed by atoms with E-state index >= 15 is 0 Å². The molecule has 0 aliphatic heterocycles. The Morgan fingerprint density at radius 1 is 0.889 bits per heavy atom. The summed E-state index contributed by atoms with van der Waals surface area (Å²) in [6.07, 6.45) is -4.51. The third kappa shape index (κ3) is 4.00. The van der Waals surface area contributed by atoms with Gasteiger partial charge < -0.3 is 15.5 Å². The van der Waals surface area contributed by atoms with Crippen molar-refractivity contribution in [3.63, 3.8) is 0 Å². The standard InChI is InChI=1S/C21H18F3NO2/c1-13-5-4-6-14(20(13)16-7-2-3-8-18(16)26)12-25-17-10-9-15(11-19(17)27)21(22,23)24/h2-11,25-27H,12H2,1H3. The molecule has 0 saturated carbocycles. The second-order valence-corrected chi connectivity index (χ2v) is 6.21. The smallest absolute Gasteiger partial charge is 0.416 e. The number of para-hydroxylation sites is 1. The first kappa shape index (κ1) is 18.6. The predicted molar refractivity (Wildman–Crippen MR) is 98.7 cm³/mol. The minimum absolute atomic E-state index is 0.144. The first-order valence-electron chi connectivity index (χ1n) is 8.28. The molecule has 0 saturated heterocycles. The van der Waals surface area contributed by atoms with Crippen molar-refractivity contribution >= 4 is 5.69 Å². The molecule has 0 amide bonds. The molecule has 3 rings (SSSR count). The maximum atomic E-state index is 12.7. The summed E-state index contributed by atoms with van der Waals surface area (Å²) in [5.41, 5.74) is 2.60. The third-order valence-corrected chi connectivity index (χ3v) is 4.33. The zero-order valence-corrected chi connectivity index (χ0v) is 14.5. The number of nitrogens with one attached hydrogen (secondary N) is 1. The van der Waals surface area contributed by atoms with E-state index in [2.05, 4.69) is 5.32 Å². The van der Waals surface area contributed by atoms with Crippen molar-refractivity contribution in [1.82, 2.24) is 0 Å². The second-order valence-electron chi connectivity index (χ2n) is 6.21. The van der Waals surface area contributed by atoms with Crippen LogP contribution in [0.4, 0.5) is 18.9 Å². The molecule has 0 atom stereocenters. The molecule has 0 spiro atoms. The van der Waals surface area contributed by atoms with Crippen LogP contribution in [0.5, 0.6) is 11.5 Å². The lowest BCUT2D eigenvalue weighted by atomic mass is 9.94. The summed E-state index contributed by atoms with van der Waals surface area (Å²) in [6.45, 7) is 2.19. The van der Waals surface area contributed by atoms with Crippen molar-refractivity contribution in [1.29, 1.82) is 0 Å². The van der Waals surface area contributed by atoms with Gasteiger partial charge in [0, 0.05) is 12.1 Å². The van der Waals surface area contributed by atoms with Crippen molar-refractivity contribution < 1.29 is 23.4 Å². The Hall–Kier alpha value is -3.15. The van der Waals surface area contributed by atoms with E-state index in [-0.39, 0.29) is 18.0 Å². The van der Waals surface area contributed by atoms with E-state index in [9.17, 15) is 23.4 Å². The molecular weight excluding hydrogens is 355 g/mol. The Kier molecular flexibility index (Phi) is 4.99. The van der Waals surface area contributed by atoms with Crippen molar-refractivity contribution in [3.05, 3.63) is 77.4 Å². The zero-order chi connectivity index (χ0) is 19.6. The molecule has 0 radical (unpaired) electrons. The van der Waals surface area contributed by atoms with Crippen LogP contribution in [0.1, 0.15) is 16.7 Å². The SMILES string of the molecule is Cc1cccc(CNc2ccc(C(F)(F)F)cc2O)c1-c1ccccc1O. The highest BCUT2D eigenvalue weighted by atomic mass is 19.4. The fourth-order valence-electron chi connectivity index (χ4n) is 2.99. The van der Waals surface area contributed by atoms with Crippen LogP contribution in [0, 0.1) is 6.92 Å². The molecule has 0 aromatic heterocycles. The highest BCUT2D eigenvalue weighted by Crippen LogP contribution is 2.36. The van der Waals surface area contributed by atoms with E-state index in [1.165, 1.54) is 6.07 Å². The van der Waals surface area contributed by atoms with Gasteiger partial charge in [-0.3, -0.25) is 0 Å². The van der Waals surface area contributed by atoms with E-state index in [1.54, 1.807) is 18.2 Å². The van der Waals surface area contributed by atoms with Gasteiger partial charge in [0.05, 0.1) is 11.3 Å². The third-order valence-electron chi connectivity index (χ3n) is 4.33. The Labute approximate surface area is 154 Å². The maximum absolute atomic E-state index is 12.7. The molecule has 0 aliphatic carbocycles. The van der Waals surface area contributed by atoms with Crippen LogP contribution < -0.4 is 5.32 Å². The summed E-state index contributed by atoms with van der Waals surface area (Å²) in [5, 5.41) is 23.1. The van der Waals surface area contributed by atoms with Crippen LogP contribution in [0.2, 0.25) is 0 Å². The van der Waals surface area contributed by atoms with Gasteiger partial charge >= 0.3 is 6.18 Å². The van der Waals surface area contributed by atoms with Crippen LogP contribution in [-0.2, 0) is 12.7 Å². The number of anilines is 1. The number of hydrogen-bond acceptors (Lipinski definition) is 3. The number of aromatic hydroxyl groups is 2. The highest BCUT2D eigenvalue weighted by Gasteiger charge is 2.31. The minimum atomic E-state index is -4.51. The second kappa shape index (κ2) is 7.23. The minimum Gasteiger partial charge on any atom is -0.507 e. The molecule has 0 bridgehead atoms. The van der Waals surface area contributed by atoms with Gasteiger partial charge in [0.1, 0.15) is 11.5 Å². The molecule has 0 unspecified atom stereocenters. The van der Waals surface area contributed by atoms with E-state index in [0.29, 0.717) is 11.6 Å². The molecule has 3 nitrogen and oxygen atoms in total. The molecule has 3 aromatic rings. The van der Waals surface area contributed by atoms with Gasteiger partial charge in [-0.1, -0.05) is 36.4 Å². The maximum Gasteiger partial charge on any atom is 0.416 e. The van der Waals surface area contributed by atoms with Crippen molar-refractivity contribution in [2.75, 3.05) is 5.32 Å². The summed E-state index contributed by atoms with van der Waals surface area (Å²) in [7, 11) is 0. The van der Waals surface area contributed by atoms with E-state index in [0.717, 1.165) is 22.8 Å². The molecule has 0 heterocycles. The Morgan fingerprint density at radius 3 is 2.30 bits per heavy atom. The molecule has 3 aromatic carbocycles. The van der Waals surface area contributed by atoms with Crippen LogP contribution in [0.25, 0.3) is 11.1 Å². The fraction of sp³-hybridized carbons (Fsp3) is 0.143. The summed E-state index contributed by atoms with van der Waals surface area (Å²) < 4.78 is 38.2. The number of aryl methyl sites for hydroxylation is 1. The number of rotatable bonds is 4. The van der Waals surface area contributed by atoms with Crippen LogP contribution >= 0.6 is 0 Å². The first-order chi connectivity index (χ1) is 12.8. The zero-order valence-electron chi connectivity index (χ0n) is 14.5. The fourth-order valence-corrected chi connectivity index (χ4v) is 2.99. The van der Waals surface area contributed by atoms with Crippen LogP contribution in [0.15, 0.2) is 60.7 Å². The highest BCUT2D eigenvalue weighted by molar-refractivity contribution is 5.76. The topological polar surface area (TPSA) is 52.5 Å². The van der Waals surface area contributed by atoms with Gasteiger partial charge in [0.15, 0.2) is 0 Å². The normalized spacial score (nSPS) is 11.4. The van der Waals surface area contributed by atoms with E-state index in [4.69, 9.17) is 0 Å². The monoisotopic (exact) mass is 373 g/mol. The van der Waals surface area contributed by atoms with Gasteiger partial charge in [-0.25, -0.2) is 0 Å². The van der Waals surface area contributed by atoms with E-state index in [1.807, 2.05) is 31.2 Å². The molecule has 0 aliphatic rings. The molecule has 140 valence electrons. The lowest BCUT2D eigenvalue weighted by Gasteiger charge is -2.16. The van der Waals surface area contributed by atoms with Gasteiger partial charge in [-0.05, 0) is 47.9 Å². The number of halogens is 3. The molecule has 3 N–H and O–H groups in total. The quantitative estimate of drug-likeness (QED) is 0.514. The summed E-state index contributed by atoms with van der Waals surface area (Å²) in [5.74, 6) is -0.327. The lowest BCUT2D eigenvalue weighted by Crippen LogP contribution is -2.06. The van der Waals surface area contributed by atoms with Gasteiger partial charge in [0.25, 0.3) is 0 Å². The summed E-state index contributed by atoms with van der Waals surface area (Å²) in [6, 6.07) is 15.4. The number of alkyl halides is 3. The first-order valence-corrected chi connectivity index (χ1v) is 8.28. The summed E-state index contributed by atoms with van der Waals surface area (Å²) in [4.78, 5) is 0. The molecule has 27 heavy (non-hydrogen) atoms. The van der Waals surface area contributed by atoms with E-state index < -0.39 is 17.5 Å². The Bertz CT molecular complexity index is 968. The van der Waals surface area contributed by atoms with Crippen LogP contribution in [-0.4, -0.2) is 10.2 Å². The molecular formula is C21H18F3NO2. The Balaban J connectivity index is 1.90. The predicted octanol–water partition coefficient (Wildman–Crippen LogP) is 5.70.